The predicted molar refractivity (Wildman–Crippen MR) is 96.4 cm³/mol. The number of fused-ring (bicyclic) bond motifs is 3. The summed E-state index contributed by atoms with van der Waals surface area (Å²) in [6.45, 7) is 8.53. The fourth-order valence-corrected chi connectivity index (χ4v) is 3.58. The van der Waals surface area contributed by atoms with Gasteiger partial charge in [0.2, 0.25) is 0 Å². The van der Waals surface area contributed by atoms with Crippen LogP contribution in [0.2, 0.25) is 0 Å². The number of H-pyrrole nitrogens is 1. The first-order valence-corrected chi connectivity index (χ1v) is 8.64. The number of aromatic amines is 1. The normalized spacial score (nSPS) is 11.7. The van der Waals surface area contributed by atoms with Gasteiger partial charge in [0.05, 0.1) is 0 Å². The maximum atomic E-state index is 11.7. The third-order valence-corrected chi connectivity index (χ3v) is 4.65. The predicted octanol–water partition coefficient (Wildman–Crippen LogP) is 5.19. The molecule has 2 heterocycles. The molecule has 0 fully saturated rings. The highest BCUT2D eigenvalue weighted by molar-refractivity contribution is 6.09. The van der Waals surface area contributed by atoms with E-state index in [-0.39, 0.29) is 5.63 Å². The monoisotopic (exact) mass is 311 g/mol. The number of rotatable bonds is 5. The van der Waals surface area contributed by atoms with Crippen LogP contribution in [0.25, 0.3) is 21.9 Å². The largest absolute Gasteiger partial charge is 0.423 e. The summed E-state index contributed by atoms with van der Waals surface area (Å²) in [6.07, 6.45) is 5.62. The summed E-state index contributed by atoms with van der Waals surface area (Å²) < 4.78 is 5.49. The summed E-state index contributed by atoms with van der Waals surface area (Å²) in [5, 5.41) is 2.35. The van der Waals surface area contributed by atoms with Crippen molar-refractivity contribution in [3.63, 3.8) is 0 Å². The molecule has 0 amide bonds. The third kappa shape index (κ3) is 2.69. The molecule has 0 atom stereocenters. The molecule has 0 radical (unpaired) electrons. The van der Waals surface area contributed by atoms with E-state index in [9.17, 15) is 4.79 Å². The Morgan fingerprint density at radius 1 is 1.00 bits per heavy atom. The minimum atomic E-state index is -0.271. The summed E-state index contributed by atoms with van der Waals surface area (Å²) in [4.78, 5) is 15.4. The Hall–Kier alpha value is -2.03. The molecular formula is C20H25NO2. The van der Waals surface area contributed by atoms with Crippen LogP contribution in [0.15, 0.2) is 21.3 Å². The average molecular weight is 311 g/mol. The van der Waals surface area contributed by atoms with Gasteiger partial charge in [-0.1, -0.05) is 26.7 Å². The van der Waals surface area contributed by atoms with Crippen LogP contribution in [0.1, 0.15) is 55.5 Å². The molecule has 122 valence electrons. The first kappa shape index (κ1) is 15.9. The maximum Gasteiger partial charge on any atom is 0.336 e. The van der Waals surface area contributed by atoms with E-state index in [1.54, 1.807) is 6.07 Å². The third-order valence-electron chi connectivity index (χ3n) is 4.65. The minimum Gasteiger partial charge on any atom is -0.423 e. The van der Waals surface area contributed by atoms with Crippen molar-refractivity contribution in [2.75, 3.05) is 0 Å². The van der Waals surface area contributed by atoms with Crippen LogP contribution in [-0.2, 0) is 12.8 Å². The minimum absolute atomic E-state index is 0.271. The fourth-order valence-electron chi connectivity index (χ4n) is 3.58. The zero-order chi connectivity index (χ0) is 16.6. The fraction of sp³-hybridized carbons (Fsp3) is 0.450. The molecule has 0 unspecified atom stereocenters. The molecule has 3 heteroatoms. The van der Waals surface area contributed by atoms with Crippen molar-refractivity contribution < 1.29 is 4.42 Å². The molecule has 0 saturated carbocycles. The van der Waals surface area contributed by atoms with Gasteiger partial charge < -0.3 is 9.40 Å². The van der Waals surface area contributed by atoms with Gasteiger partial charge in [-0.2, -0.15) is 0 Å². The van der Waals surface area contributed by atoms with Gasteiger partial charge in [-0.25, -0.2) is 4.79 Å². The van der Waals surface area contributed by atoms with Crippen molar-refractivity contribution in [3.8, 4) is 0 Å². The summed E-state index contributed by atoms with van der Waals surface area (Å²) >= 11 is 0. The lowest BCUT2D eigenvalue weighted by molar-refractivity contribution is 0.560. The lowest BCUT2D eigenvalue weighted by atomic mass is 9.97. The van der Waals surface area contributed by atoms with Crippen LogP contribution in [0, 0.1) is 13.8 Å². The van der Waals surface area contributed by atoms with Crippen LogP contribution in [0.3, 0.4) is 0 Å². The maximum absolute atomic E-state index is 11.7. The van der Waals surface area contributed by atoms with Crippen molar-refractivity contribution in [1.82, 2.24) is 4.98 Å². The van der Waals surface area contributed by atoms with Gasteiger partial charge in [-0.15, -0.1) is 0 Å². The molecule has 0 aliphatic carbocycles. The van der Waals surface area contributed by atoms with E-state index in [4.69, 9.17) is 4.42 Å². The van der Waals surface area contributed by atoms with E-state index in [2.05, 4.69) is 25.8 Å². The molecule has 0 spiro atoms. The quantitative estimate of drug-likeness (QED) is 0.659. The molecule has 0 aliphatic heterocycles. The van der Waals surface area contributed by atoms with E-state index in [1.807, 2.05) is 13.0 Å². The van der Waals surface area contributed by atoms with Crippen molar-refractivity contribution in [2.24, 2.45) is 0 Å². The van der Waals surface area contributed by atoms with E-state index in [1.165, 1.54) is 35.0 Å². The highest BCUT2D eigenvalue weighted by atomic mass is 16.4. The molecule has 0 bridgehead atoms. The number of hydrogen-bond donors (Lipinski definition) is 1. The number of hydrogen-bond acceptors (Lipinski definition) is 2. The Labute approximate surface area is 136 Å². The van der Waals surface area contributed by atoms with Gasteiger partial charge in [0.1, 0.15) is 5.58 Å². The van der Waals surface area contributed by atoms with Crippen LogP contribution < -0.4 is 5.63 Å². The smallest absolute Gasteiger partial charge is 0.336 e. The number of unbranched alkanes of at least 4 members (excludes halogenated alkanes) is 1. The van der Waals surface area contributed by atoms with Gasteiger partial charge in [-0.05, 0) is 55.9 Å². The van der Waals surface area contributed by atoms with Gasteiger partial charge in [0.15, 0.2) is 0 Å². The molecule has 2 aromatic heterocycles. The topological polar surface area (TPSA) is 46.0 Å². The Morgan fingerprint density at radius 2 is 1.78 bits per heavy atom. The van der Waals surface area contributed by atoms with Gasteiger partial charge in [0, 0.05) is 28.0 Å². The van der Waals surface area contributed by atoms with E-state index in [0.717, 1.165) is 35.8 Å². The first-order chi connectivity index (χ1) is 11.1. The molecule has 1 aromatic carbocycles. The number of aromatic nitrogens is 1. The molecule has 0 aliphatic rings. The second-order valence-corrected chi connectivity index (χ2v) is 6.50. The Morgan fingerprint density at radius 3 is 2.48 bits per heavy atom. The number of aryl methyl sites for hydroxylation is 4. The summed E-state index contributed by atoms with van der Waals surface area (Å²) in [7, 11) is 0. The summed E-state index contributed by atoms with van der Waals surface area (Å²) in [5.74, 6) is 0. The average Bonchev–Trinajstić information content (AvgIpc) is 2.84. The van der Waals surface area contributed by atoms with Crippen LogP contribution in [0.4, 0.5) is 0 Å². The lowest BCUT2D eigenvalue weighted by Crippen LogP contribution is -1.99. The van der Waals surface area contributed by atoms with Gasteiger partial charge >= 0.3 is 5.63 Å². The van der Waals surface area contributed by atoms with E-state index in [0.29, 0.717) is 5.58 Å². The molecule has 3 aromatic rings. The molecule has 3 rings (SSSR count). The Bertz CT molecular complexity index is 915. The standard InChI is InChI=1S/C20H25NO2/c1-5-7-9-15-14(8-6-2)19-18-12(3)11-17(22)23-16(18)10-13(4)20(19)21-15/h10-11,21H,5-9H2,1-4H3. The van der Waals surface area contributed by atoms with Gasteiger partial charge in [0.25, 0.3) is 0 Å². The van der Waals surface area contributed by atoms with Crippen molar-refractivity contribution >= 4 is 21.9 Å². The zero-order valence-corrected chi connectivity index (χ0v) is 14.5. The van der Waals surface area contributed by atoms with E-state index >= 15 is 0 Å². The van der Waals surface area contributed by atoms with E-state index < -0.39 is 0 Å². The molecular weight excluding hydrogens is 286 g/mol. The summed E-state index contributed by atoms with van der Waals surface area (Å²) in [6, 6.07) is 3.59. The lowest BCUT2D eigenvalue weighted by Gasteiger charge is -2.07. The number of benzene rings is 1. The Kier molecular flexibility index (Phi) is 4.29. The van der Waals surface area contributed by atoms with Crippen molar-refractivity contribution in [1.29, 1.82) is 0 Å². The molecule has 0 saturated heterocycles. The number of nitrogens with one attached hydrogen (secondary N) is 1. The van der Waals surface area contributed by atoms with Crippen LogP contribution >= 0.6 is 0 Å². The van der Waals surface area contributed by atoms with Gasteiger partial charge in [-0.3, -0.25) is 0 Å². The summed E-state index contributed by atoms with van der Waals surface area (Å²) in [5.41, 5.74) is 6.53. The SMILES string of the molecule is CCCCc1[nH]c2c(C)cc3oc(=O)cc(C)c3c2c1CCC. The second-order valence-electron chi connectivity index (χ2n) is 6.50. The molecule has 23 heavy (non-hydrogen) atoms. The Balaban J connectivity index is 2.42. The van der Waals surface area contributed by atoms with Crippen LogP contribution in [0.5, 0.6) is 0 Å². The highest BCUT2D eigenvalue weighted by Crippen LogP contribution is 2.35. The molecule has 3 nitrogen and oxygen atoms in total. The van der Waals surface area contributed by atoms with Crippen molar-refractivity contribution in [2.45, 2.75) is 59.8 Å². The zero-order valence-electron chi connectivity index (χ0n) is 14.5. The van der Waals surface area contributed by atoms with Crippen LogP contribution in [-0.4, -0.2) is 4.98 Å². The second kappa shape index (κ2) is 6.23. The first-order valence-electron chi connectivity index (χ1n) is 8.64. The van der Waals surface area contributed by atoms with Crippen molar-refractivity contribution in [3.05, 3.63) is 44.9 Å². The molecule has 1 N–H and O–H groups in total. The highest BCUT2D eigenvalue weighted by Gasteiger charge is 2.17.